The fourth-order valence-corrected chi connectivity index (χ4v) is 2.77. The monoisotopic (exact) mass is 387 g/mol. The zero-order valence-electron chi connectivity index (χ0n) is 15.6. The van der Waals surface area contributed by atoms with Crippen molar-refractivity contribution in [2.24, 2.45) is 0 Å². The number of nitro benzene ring substituents is 1. The van der Waals surface area contributed by atoms with Gasteiger partial charge in [0.2, 0.25) is 5.75 Å². The van der Waals surface area contributed by atoms with Gasteiger partial charge in [0, 0.05) is 17.2 Å². The fourth-order valence-electron chi connectivity index (χ4n) is 2.77. The minimum atomic E-state index is -0.533. The number of hydrogen-bond acceptors (Lipinski definition) is 9. The molecule has 0 aliphatic heterocycles. The molecule has 10 nitrogen and oxygen atoms in total. The summed E-state index contributed by atoms with van der Waals surface area (Å²) in [5, 5.41) is 19.2. The summed E-state index contributed by atoms with van der Waals surface area (Å²) in [6, 6.07) is 7.83. The van der Waals surface area contributed by atoms with Crippen molar-refractivity contribution in [2.45, 2.75) is 0 Å². The van der Waals surface area contributed by atoms with Gasteiger partial charge in [-0.3, -0.25) is 10.1 Å². The van der Waals surface area contributed by atoms with Crippen LogP contribution in [0.3, 0.4) is 0 Å². The van der Waals surface area contributed by atoms with Crippen LogP contribution in [0.5, 0.6) is 23.0 Å². The third-order valence-electron chi connectivity index (χ3n) is 4.08. The van der Waals surface area contributed by atoms with Gasteiger partial charge in [-0.15, -0.1) is 0 Å². The second kappa shape index (κ2) is 7.82. The van der Waals surface area contributed by atoms with Crippen LogP contribution >= 0.6 is 0 Å². The van der Waals surface area contributed by atoms with Crippen molar-refractivity contribution in [3.05, 3.63) is 40.4 Å². The highest BCUT2D eigenvalue weighted by molar-refractivity contribution is 5.81. The quantitative estimate of drug-likeness (QED) is 0.444. The number of aromatic nitrogens is 2. The molecular formula is C18H17N3O7. The second-order valence-electron chi connectivity index (χ2n) is 5.52. The van der Waals surface area contributed by atoms with Crippen molar-refractivity contribution in [3.63, 3.8) is 0 Å². The molecular weight excluding hydrogens is 370 g/mol. The molecule has 1 aromatic heterocycles. The molecule has 28 heavy (non-hydrogen) atoms. The molecule has 0 saturated heterocycles. The number of benzene rings is 2. The molecule has 0 fully saturated rings. The van der Waals surface area contributed by atoms with E-state index in [1.165, 1.54) is 40.6 Å². The Morgan fingerprint density at radius 2 is 1.39 bits per heavy atom. The van der Waals surface area contributed by atoms with Gasteiger partial charge in [0.1, 0.15) is 11.4 Å². The van der Waals surface area contributed by atoms with Crippen molar-refractivity contribution >= 4 is 5.69 Å². The smallest absolute Gasteiger partial charge is 0.311 e. The highest BCUT2D eigenvalue weighted by Gasteiger charge is 2.23. The van der Waals surface area contributed by atoms with E-state index < -0.39 is 4.92 Å². The SMILES string of the molecule is COc1ccc(-c2nonc2-c2cc(OC)c(OC)c(OC)c2)cc1[N+](=O)[O-]. The first kappa shape index (κ1) is 19.0. The summed E-state index contributed by atoms with van der Waals surface area (Å²) in [6.07, 6.45) is 0. The fraction of sp³-hybridized carbons (Fsp3) is 0.222. The van der Waals surface area contributed by atoms with Crippen molar-refractivity contribution in [1.29, 1.82) is 0 Å². The van der Waals surface area contributed by atoms with E-state index in [0.29, 0.717) is 39.8 Å². The Balaban J connectivity index is 2.16. The van der Waals surface area contributed by atoms with Crippen LogP contribution in [-0.2, 0) is 0 Å². The van der Waals surface area contributed by atoms with Gasteiger partial charge in [-0.25, -0.2) is 4.63 Å². The molecule has 0 N–H and O–H groups in total. The molecule has 0 aliphatic rings. The van der Waals surface area contributed by atoms with Gasteiger partial charge in [0.05, 0.1) is 33.4 Å². The highest BCUT2D eigenvalue weighted by atomic mass is 16.6. The number of nitro groups is 1. The summed E-state index contributed by atoms with van der Waals surface area (Å²) in [4.78, 5) is 10.8. The minimum Gasteiger partial charge on any atom is -0.493 e. The Morgan fingerprint density at radius 3 is 1.89 bits per heavy atom. The maximum absolute atomic E-state index is 11.3. The lowest BCUT2D eigenvalue weighted by Gasteiger charge is -2.13. The molecule has 0 radical (unpaired) electrons. The molecule has 0 bridgehead atoms. The summed E-state index contributed by atoms with van der Waals surface area (Å²) in [5.74, 6) is 1.41. The minimum absolute atomic E-state index is 0.138. The lowest BCUT2D eigenvalue weighted by atomic mass is 10.0. The van der Waals surface area contributed by atoms with E-state index in [9.17, 15) is 10.1 Å². The van der Waals surface area contributed by atoms with Crippen LogP contribution in [0.15, 0.2) is 35.0 Å². The van der Waals surface area contributed by atoms with Gasteiger partial charge in [-0.2, -0.15) is 0 Å². The lowest BCUT2D eigenvalue weighted by Crippen LogP contribution is -1.97. The second-order valence-corrected chi connectivity index (χ2v) is 5.52. The van der Waals surface area contributed by atoms with Crippen molar-refractivity contribution in [2.75, 3.05) is 28.4 Å². The molecule has 0 amide bonds. The van der Waals surface area contributed by atoms with E-state index in [4.69, 9.17) is 23.6 Å². The summed E-state index contributed by atoms with van der Waals surface area (Å²) >= 11 is 0. The Labute approximate surface area is 159 Å². The van der Waals surface area contributed by atoms with E-state index >= 15 is 0 Å². The molecule has 10 heteroatoms. The van der Waals surface area contributed by atoms with E-state index in [-0.39, 0.29) is 11.4 Å². The molecule has 0 atom stereocenters. The third-order valence-corrected chi connectivity index (χ3v) is 4.08. The molecule has 3 rings (SSSR count). The first-order chi connectivity index (χ1) is 13.5. The molecule has 0 spiro atoms. The number of nitrogens with zero attached hydrogens (tertiary/aromatic N) is 3. The first-order valence-electron chi connectivity index (χ1n) is 7.99. The lowest BCUT2D eigenvalue weighted by molar-refractivity contribution is -0.385. The van der Waals surface area contributed by atoms with Gasteiger partial charge < -0.3 is 18.9 Å². The highest BCUT2D eigenvalue weighted by Crippen LogP contribution is 2.43. The van der Waals surface area contributed by atoms with Crippen molar-refractivity contribution in [1.82, 2.24) is 10.3 Å². The van der Waals surface area contributed by atoms with Gasteiger partial charge in [-0.1, -0.05) is 0 Å². The molecule has 0 saturated carbocycles. The zero-order valence-corrected chi connectivity index (χ0v) is 15.6. The van der Waals surface area contributed by atoms with Gasteiger partial charge in [0.15, 0.2) is 17.2 Å². The number of hydrogen-bond donors (Lipinski definition) is 0. The molecule has 1 heterocycles. The molecule has 2 aromatic carbocycles. The average Bonchev–Trinajstić information content (AvgIpc) is 3.21. The van der Waals surface area contributed by atoms with E-state index in [2.05, 4.69) is 10.3 Å². The van der Waals surface area contributed by atoms with Crippen LogP contribution < -0.4 is 18.9 Å². The standard InChI is InChI=1S/C18H17N3O7/c1-24-13-6-5-10(7-12(13)21(22)23)16-17(20-28-19-16)11-8-14(25-2)18(27-4)15(9-11)26-3/h5-9H,1-4H3. The molecule has 146 valence electrons. The first-order valence-corrected chi connectivity index (χ1v) is 7.99. The maximum atomic E-state index is 11.3. The number of ether oxygens (including phenoxy) is 4. The van der Waals surface area contributed by atoms with Gasteiger partial charge >= 0.3 is 5.69 Å². The van der Waals surface area contributed by atoms with E-state index in [0.717, 1.165) is 0 Å². The summed E-state index contributed by atoms with van der Waals surface area (Å²) in [7, 11) is 5.85. The molecule has 0 aliphatic carbocycles. The predicted octanol–water partition coefficient (Wildman–Crippen LogP) is 3.35. The summed E-state index contributed by atoms with van der Waals surface area (Å²) in [6.45, 7) is 0. The predicted molar refractivity (Wildman–Crippen MR) is 98.0 cm³/mol. The largest absolute Gasteiger partial charge is 0.493 e. The van der Waals surface area contributed by atoms with Gasteiger partial charge in [0.25, 0.3) is 0 Å². The normalized spacial score (nSPS) is 10.4. The topological polar surface area (TPSA) is 119 Å². The molecule has 0 unspecified atom stereocenters. The number of methoxy groups -OCH3 is 4. The van der Waals surface area contributed by atoms with Crippen LogP contribution in [0.2, 0.25) is 0 Å². The van der Waals surface area contributed by atoms with Crippen LogP contribution in [0, 0.1) is 10.1 Å². The Morgan fingerprint density at radius 1 is 0.821 bits per heavy atom. The Hall–Kier alpha value is -3.82. The Bertz CT molecular complexity index is 991. The van der Waals surface area contributed by atoms with Crippen LogP contribution in [-0.4, -0.2) is 43.7 Å². The zero-order chi connectivity index (χ0) is 20.3. The van der Waals surface area contributed by atoms with Crippen LogP contribution in [0.4, 0.5) is 5.69 Å². The molecule has 3 aromatic rings. The maximum Gasteiger partial charge on any atom is 0.311 e. The van der Waals surface area contributed by atoms with Crippen LogP contribution in [0.25, 0.3) is 22.5 Å². The Kier molecular flexibility index (Phi) is 5.30. The third kappa shape index (κ3) is 3.27. The average molecular weight is 387 g/mol. The summed E-state index contributed by atoms with van der Waals surface area (Å²) < 4.78 is 26.0. The van der Waals surface area contributed by atoms with Gasteiger partial charge in [-0.05, 0) is 34.6 Å². The number of rotatable bonds is 7. The summed E-state index contributed by atoms with van der Waals surface area (Å²) in [5.41, 5.74) is 1.50. The van der Waals surface area contributed by atoms with E-state index in [1.54, 1.807) is 18.2 Å². The van der Waals surface area contributed by atoms with Crippen molar-refractivity contribution in [3.8, 4) is 45.5 Å². The van der Waals surface area contributed by atoms with E-state index in [1.807, 2.05) is 0 Å². The van der Waals surface area contributed by atoms with Crippen LogP contribution in [0.1, 0.15) is 0 Å². The van der Waals surface area contributed by atoms with Crippen molar-refractivity contribution < 1.29 is 28.5 Å².